The van der Waals surface area contributed by atoms with E-state index in [1.54, 1.807) is 24.3 Å². The third-order valence-corrected chi connectivity index (χ3v) is 3.53. The number of ketones is 1. The number of esters is 1. The maximum absolute atomic E-state index is 12.2. The van der Waals surface area contributed by atoms with Gasteiger partial charge in [0.05, 0.1) is 16.2 Å². The maximum Gasteiger partial charge on any atom is 0.338 e. The number of hydrogen-bond donors (Lipinski definition) is 1. The summed E-state index contributed by atoms with van der Waals surface area (Å²) < 4.78 is 5.07. The van der Waals surface area contributed by atoms with Gasteiger partial charge in [-0.15, -0.1) is 0 Å². The molecule has 2 rings (SSSR count). The van der Waals surface area contributed by atoms with Crippen molar-refractivity contribution in [3.05, 3.63) is 69.8 Å². The molecule has 0 bridgehead atoms. The van der Waals surface area contributed by atoms with E-state index in [1.807, 2.05) is 0 Å². The van der Waals surface area contributed by atoms with E-state index in [4.69, 9.17) is 4.74 Å². The SMILES string of the molecule is CC(=O)c1ccccc1NC(=O)[C@H](C)OC(=O)c1ccc([N+](=O)[O-])cc1. The number of hydrogen-bond acceptors (Lipinski definition) is 6. The van der Waals surface area contributed by atoms with Crippen LogP contribution in [0.4, 0.5) is 11.4 Å². The van der Waals surface area contributed by atoms with Crippen molar-refractivity contribution in [2.45, 2.75) is 20.0 Å². The lowest BCUT2D eigenvalue weighted by Gasteiger charge is -2.15. The van der Waals surface area contributed by atoms with E-state index < -0.39 is 22.9 Å². The minimum absolute atomic E-state index is 0.0828. The van der Waals surface area contributed by atoms with Crippen LogP contribution in [0.2, 0.25) is 0 Å². The molecule has 134 valence electrons. The molecule has 0 aliphatic heterocycles. The van der Waals surface area contributed by atoms with Crippen LogP contribution in [0.5, 0.6) is 0 Å². The molecular formula is C18H16N2O6. The number of amides is 1. The van der Waals surface area contributed by atoms with E-state index in [2.05, 4.69) is 5.32 Å². The summed E-state index contributed by atoms with van der Waals surface area (Å²) in [5, 5.41) is 13.2. The van der Waals surface area contributed by atoms with Crippen molar-refractivity contribution in [3.63, 3.8) is 0 Å². The number of non-ortho nitro benzene ring substituents is 1. The number of nitro groups is 1. The smallest absolute Gasteiger partial charge is 0.338 e. The molecule has 2 aromatic carbocycles. The summed E-state index contributed by atoms with van der Waals surface area (Å²) in [7, 11) is 0. The third-order valence-electron chi connectivity index (χ3n) is 3.53. The summed E-state index contributed by atoms with van der Waals surface area (Å²) >= 11 is 0. The number of nitrogens with one attached hydrogen (secondary N) is 1. The van der Waals surface area contributed by atoms with Crippen LogP contribution in [0.1, 0.15) is 34.6 Å². The Morgan fingerprint density at radius 3 is 2.27 bits per heavy atom. The van der Waals surface area contributed by atoms with Gasteiger partial charge in [-0.25, -0.2) is 4.79 Å². The minimum atomic E-state index is -1.13. The molecule has 8 nitrogen and oxygen atoms in total. The van der Waals surface area contributed by atoms with Crippen LogP contribution >= 0.6 is 0 Å². The molecule has 0 unspecified atom stereocenters. The zero-order valence-electron chi connectivity index (χ0n) is 14.1. The number of Topliss-reactive ketones (excluding diaryl/α,β-unsaturated/α-hetero) is 1. The fourth-order valence-corrected chi connectivity index (χ4v) is 2.13. The van der Waals surface area contributed by atoms with Crippen LogP contribution in [0.15, 0.2) is 48.5 Å². The highest BCUT2D eigenvalue weighted by atomic mass is 16.6. The van der Waals surface area contributed by atoms with Crippen LogP contribution in [-0.2, 0) is 9.53 Å². The summed E-state index contributed by atoms with van der Waals surface area (Å²) in [6.45, 7) is 2.76. The van der Waals surface area contributed by atoms with Crippen LogP contribution in [-0.4, -0.2) is 28.7 Å². The van der Waals surface area contributed by atoms with Gasteiger partial charge in [0.25, 0.3) is 11.6 Å². The first-order valence-corrected chi connectivity index (χ1v) is 7.66. The van der Waals surface area contributed by atoms with E-state index in [9.17, 15) is 24.5 Å². The quantitative estimate of drug-likeness (QED) is 0.368. The zero-order valence-corrected chi connectivity index (χ0v) is 14.1. The number of para-hydroxylation sites is 1. The third kappa shape index (κ3) is 4.50. The van der Waals surface area contributed by atoms with Crippen molar-refractivity contribution < 1.29 is 24.0 Å². The first-order chi connectivity index (χ1) is 12.3. The van der Waals surface area contributed by atoms with Crippen molar-refractivity contribution in [3.8, 4) is 0 Å². The number of carbonyl (C=O) groups is 3. The summed E-state index contributed by atoms with van der Waals surface area (Å²) in [6.07, 6.45) is -1.13. The minimum Gasteiger partial charge on any atom is -0.449 e. The molecule has 0 aromatic heterocycles. The Labute approximate surface area is 148 Å². The molecule has 0 saturated carbocycles. The second-order valence-electron chi connectivity index (χ2n) is 5.44. The van der Waals surface area contributed by atoms with Crippen molar-refractivity contribution in [1.82, 2.24) is 0 Å². The first-order valence-electron chi connectivity index (χ1n) is 7.66. The summed E-state index contributed by atoms with van der Waals surface area (Å²) in [6, 6.07) is 11.3. The molecule has 1 atom stereocenters. The lowest BCUT2D eigenvalue weighted by molar-refractivity contribution is -0.384. The number of carbonyl (C=O) groups excluding carboxylic acids is 3. The van der Waals surface area contributed by atoms with Crippen molar-refractivity contribution in [2.75, 3.05) is 5.32 Å². The lowest BCUT2D eigenvalue weighted by atomic mass is 10.1. The van der Waals surface area contributed by atoms with E-state index >= 15 is 0 Å². The average Bonchev–Trinajstić information content (AvgIpc) is 2.61. The Bertz CT molecular complexity index is 860. The summed E-state index contributed by atoms with van der Waals surface area (Å²) in [5.41, 5.74) is 0.588. The van der Waals surface area contributed by atoms with Gasteiger partial charge in [0.1, 0.15) is 0 Å². The standard InChI is InChI=1S/C18H16N2O6/c1-11(21)15-5-3-4-6-16(15)19-17(22)12(2)26-18(23)13-7-9-14(10-8-13)20(24)25/h3-10,12H,1-2H3,(H,19,22)/t12-/m0/s1. The van der Waals surface area contributed by atoms with Crippen LogP contribution in [0.25, 0.3) is 0 Å². The first kappa shape index (κ1) is 18.8. The molecule has 1 amide bonds. The zero-order chi connectivity index (χ0) is 19.3. The van der Waals surface area contributed by atoms with Gasteiger partial charge in [-0.1, -0.05) is 12.1 Å². The number of anilines is 1. The van der Waals surface area contributed by atoms with E-state index in [1.165, 1.54) is 38.1 Å². The summed E-state index contributed by atoms with van der Waals surface area (Å²) in [4.78, 5) is 45.8. The highest BCUT2D eigenvalue weighted by molar-refractivity contribution is 6.05. The Hall–Kier alpha value is -3.55. The average molecular weight is 356 g/mol. The van der Waals surface area contributed by atoms with Crippen molar-refractivity contribution in [2.24, 2.45) is 0 Å². The van der Waals surface area contributed by atoms with Gasteiger partial charge in [0, 0.05) is 17.7 Å². The molecule has 0 fully saturated rings. The van der Waals surface area contributed by atoms with E-state index in [0.717, 1.165) is 0 Å². The molecule has 0 aliphatic rings. The Balaban J connectivity index is 2.04. The van der Waals surface area contributed by atoms with Gasteiger partial charge in [-0.3, -0.25) is 19.7 Å². The van der Waals surface area contributed by atoms with Gasteiger partial charge in [-0.05, 0) is 38.1 Å². The molecule has 26 heavy (non-hydrogen) atoms. The van der Waals surface area contributed by atoms with Crippen molar-refractivity contribution >= 4 is 29.0 Å². The van der Waals surface area contributed by atoms with Gasteiger partial charge >= 0.3 is 5.97 Å². The topological polar surface area (TPSA) is 116 Å². The van der Waals surface area contributed by atoms with Crippen molar-refractivity contribution in [1.29, 1.82) is 0 Å². The highest BCUT2D eigenvalue weighted by Gasteiger charge is 2.21. The summed E-state index contributed by atoms with van der Waals surface area (Å²) in [5.74, 6) is -1.60. The predicted octanol–water partition coefficient (Wildman–Crippen LogP) is 2.98. The predicted molar refractivity (Wildman–Crippen MR) is 93.1 cm³/mol. The molecule has 0 aliphatic carbocycles. The fourth-order valence-electron chi connectivity index (χ4n) is 2.13. The number of nitro benzene ring substituents is 1. The molecule has 1 N–H and O–H groups in total. The molecule has 0 spiro atoms. The second kappa shape index (κ2) is 8.02. The maximum atomic E-state index is 12.2. The fraction of sp³-hybridized carbons (Fsp3) is 0.167. The van der Waals surface area contributed by atoms with Crippen LogP contribution in [0.3, 0.4) is 0 Å². The van der Waals surface area contributed by atoms with Gasteiger partial charge in [0.2, 0.25) is 0 Å². The van der Waals surface area contributed by atoms with E-state index in [-0.39, 0.29) is 17.0 Å². The van der Waals surface area contributed by atoms with Crippen LogP contribution < -0.4 is 5.32 Å². The molecule has 0 saturated heterocycles. The molecule has 0 radical (unpaired) electrons. The van der Waals surface area contributed by atoms with E-state index in [0.29, 0.717) is 11.3 Å². The van der Waals surface area contributed by atoms with Gasteiger partial charge in [-0.2, -0.15) is 0 Å². The number of rotatable bonds is 6. The van der Waals surface area contributed by atoms with Gasteiger partial charge in [0.15, 0.2) is 11.9 Å². The van der Waals surface area contributed by atoms with Gasteiger partial charge < -0.3 is 10.1 Å². The molecule has 8 heteroatoms. The number of nitrogens with zero attached hydrogens (tertiary/aromatic N) is 1. The second-order valence-corrected chi connectivity index (χ2v) is 5.44. The van der Waals surface area contributed by atoms with Crippen LogP contribution in [0, 0.1) is 10.1 Å². The Kier molecular flexibility index (Phi) is 5.79. The lowest BCUT2D eigenvalue weighted by Crippen LogP contribution is -2.30. The normalized spacial score (nSPS) is 11.3. The molecule has 2 aromatic rings. The molecule has 0 heterocycles. The largest absolute Gasteiger partial charge is 0.449 e. The monoisotopic (exact) mass is 356 g/mol. The number of benzene rings is 2. The Morgan fingerprint density at radius 1 is 1.08 bits per heavy atom. The highest BCUT2D eigenvalue weighted by Crippen LogP contribution is 2.17. The number of ether oxygens (including phenoxy) is 1. The molecular weight excluding hydrogens is 340 g/mol. The Morgan fingerprint density at radius 2 is 1.69 bits per heavy atom.